The Hall–Kier alpha value is -4.01. The topological polar surface area (TPSA) is 111 Å². The number of nitrogen functional groups attached to an aromatic ring is 1. The molecule has 2 aromatic heterocycles. The Morgan fingerprint density at radius 3 is 2.61 bits per heavy atom. The average Bonchev–Trinajstić information content (AvgIpc) is 2.79. The van der Waals surface area contributed by atoms with E-state index in [-0.39, 0.29) is 23.6 Å². The number of urea groups is 1. The van der Waals surface area contributed by atoms with Gasteiger partial charge in [0.1, 0.15) is 11.6 Å². The van der Waals surface area contributed by atoms with Crippen LogP contribution in [0.2, 0.25) is 0 Å². The maximum absolute atomic E-state index is 13.2. The molecule has 4 rings (SSSR count). The Balaban J connectivity index is 1.41. The number of nitrogens with one attached hydrogen (secondary N) is 2. The van der Waals surface area contributed by atoms with Crippen LogP contribution in [-0.2, 0) is 0 Å². The molecule has 1 fully saturated rings. The quantitative estimate of drug-likeness (QED) is 0.529. The van der Waals surface area contributed by atoms with Crippen LogP contribution in [0.25, 0.3) is 0 Å². The third-order valence-electron chi connectivity index (χ3n) is 5.71. The van der Waals surface area contributed by atoms with Crippen molar-refractivity contribution in [1.82, 2.24) is 14.9 Å². The predicted octanol–water partition coefficient (Wildman–Crippen LogP) is 3.67. The van der Waals surface area contributed by atoms with Gasteiger partial charge in [-0.2, -0.15) is 0 Å². The van der Waals surface area contributed by atoms with Crippen LogP contribution < -0.4 is 16.0 Å². The van der Waals surface area contributed by atoms with Crippen molar-refractivity contribution in [2.24, 2.45) is 0 Å². The summed E-state index contributed by atoms with van der Waals surface area (Å²) in [5, 5.41) is 11.2. The number of aryl methyl sites for hydroxylation is 1. The number of hydrogen-bond acceptors (Lipinski definition) is 6. The highest BCUT2D eigenvalue weighted by Crippen LogP contribution is 2.22. The van der Waals surface area contributed by atoms with E-state index in [0.717, 1.165) is 11.4 Å². The SMILES string of the molecule is Cc1cc(C(=N)c2cnc(NC(=O)N3CCN(c4ccc(F)cc4)C[C@H]3C)cc2N)ccn1. The molecule has 3 heterocycles. The number of benzene rings is 1. The minimum absolute atomic E-state index is 0.0523. The van der Waals surface area contributed by atoms with Gasteiger partial charge >= 0.3 is 6.03 Å². The maximum Gasteiger partial charge on any atom is 0.323 e. The maximum atomic E-state index is 13.2. The zero-order valence-corrected chi connectivity index (χ0v) is 18.5. The van der Waals surface area contributed by atoms with Crippen molar-refractivity contribution in [2.45, 2.75) is 19.9 Å². The minimum atomic E-state index is -0.270. The molecule has 1 aliphatic rings. The van der Waals surface area contributed by atoms with Gasteiger partial charge < -0.3 is 15.5 Å². The summed E-state index contributed by atoms with van der Waals surface area (Å²) in [7, 11) is 0. The number of anilines is 3. The molecule has 0 bridgehead atoms. The number of aromatic nitrogens is 2. The van der Waals surface area contributed by atoms with Crippen LogP contribution in [0.3, 0.4) is 0 Å². The lowest BCUT2D eigenvalue weighted by molar-refractivity contribution is 0.185. The van der Waals surface area contributed by atoms with Crippen molar-refractivity contribution in [3.05, 3.63) is 77.5 Å². The van der Waals surface area contributed by atoms with Crippen molar-refractivity contribution in [3.63, 3.8) is 0 Å². The summed E-state index contributed by atoms with van der Waals surface area (Å²) in [6.45, 7) is 5.62. The Bertz CT molecular complexity index is 1180. The van der Waals surface area contributed by atoms with Crippen LogP contribution in [0.1, 0.15) is 23.7 Å². The Kier molecular flexibility index (Phi) is 6.21. The number of pyridine rings is 2. The van der Waals surface area contributed by atoms with Gasteiger partial charge in [-0.3, -0.25) is 15.7 Å². The number of hydrogen-bond donors (Lipinski definition) is 3. The smallest absolute Gasteiger partial charge is 0.323 e. The average molecular weight is 448 g/mol. The largest absolute Gasteiger partial charge is 0.398 e. The minimum Gasteiger partial charge on any atom is -0.398 e. The van der Waals surface area contributed by atoms with E-state index in [1.165, 1.54) is 18.3 Å². The number of nitrogens with zero attached hydrogens (tertiary/aromatic N) is 4. The molecule has 0 aliphatic carbocycles. The molecule has 2 amide bonds. The van der Waals surface area contributed by atoms with E-state index in [2.05, 4.69) is 20.2 Å². The van der Waals surface area contributed by atoms with E-state index >= 15 is 0 Å². The molecular formula is C24H26FN7O. The van der Waals surface area contributed by atoms with Gasteiger partial charge in [-0.15, -0.1) is 0 Å². The number of rotatable bonds is 4. The molecule has 0 saturated carbocycles. The van der Waals surface area contributed by atoms with E-state index in [1.807, 2.05) is 19.9 Å². The first-order valence-electron chi connectivity index (χ1n) is 10.7. The summed E-state index contributed by atoms with van der Waals surface area (Å²) in [4.78, 5) is 25.2. The van der Waals surface area contributed by atoms with E-state index in [9.17, 15) is 9.18 Å². The Labute approximate surface area is 191 Å². The lowest BCUT2D eigenvalue weighted by Gasteiger charge is -2.40. The van der Waals surface area contributed by atoms with Crippen LogP contribution in [-0.4, -0.2) is 52.3 Å². The fraction of sp³-hybridized carbons (Fsp3) is 0.250. The predicted molar refractivity (Wildman–Crippen MR) is 127 cm³/mol. The van der Waals surface area contributed by atoms with Gasteiger partial charge in [-0.25, -0.2) is 14.2 Å². The molecule has 1 atom stereocenters. The van der Waals surface area contributed by atoms with E-state index in [1.54, 1.807) is 35.4 Å². The van der Waals surface area contributed by atoms with Crippen molar-refractivity contribution in [1.29, 1.82) is 5.41 Å². The molecule has 4 N–H and O–H groups in total. The van der Waals surface area contributed by atoms with Crippen LogP contribution in [0.5, 0.6) is 0 Å². The lowest BCUT2D eigenvalue weighted by atomic mass is 10.0. The summed E-state index contributed by atoms with van der Waals surface area (Å²) in [6, 6.07) is 11.2. The molecule has 3 aromatic rings. The second-order valence-corrected chi connectivity index (χ2v) is 8.11. The molecule has 0 radical (unpaired) electrons. The van der Waals surface area contributed by atoms with Crippen molar-refractivity contribution < 1.29 is 9.18 Å². The standard InChI is InChI=1S/C24H26FN7O/c1-15-11-17(7-8-28-15)23(27)20-13-29-22(12-21(20)26)30-24(33)32-10-9-31(14-16(32)2)19-5-3-18(25)4-6-19/h3-8,11-13,16,27H,9-10,14H2,1-2H3,(H3,26,29,30,33)/t16-/m1/s1. The van der Waals surface area contributed by atoms with Gasteiger partial charge in [0.05, 0.1) is 5.71 Å². The molecule has 33 heavy (non-hydrogen) atoms. The van der Waals surface area contributed by atoms with Gasteiger partial charge in [-0.05, 0) is 50.2 Å². The fourth-order valence-electron chi connectivity index (χ4n) is 3.93. The zero-order valence-electron chi connectivity index (χ0n) is 18.5. The van der Waals surface area contributed by atoms with Crippen LogP contribution in [0.15, 0.2) is 54.9 Å². The fourth-order valence-corrected chi connectivity index (χ4v) is 3.93. The molecule has 170 valence electrons. The van der Waals surface area contributed by atoms with Crippen molar-refractivity contribution in [3.8, 4) is 0 Å². The van der Waals surface area contributed by atoms with Gasteiger partial charge in [0.2, 0.25) is 0 Å². The number of carbonyl (C=O) groups is 1. The second kappa shape index (κ2) is 9.23. The van der Waals surface area contributed by atoms with E-state index in [4.69, 9.17) is 11.1 Å². The molecule has 1 aliphatic heterocycles. The van der Waals surface area contributed by atoms with Crippen LogP contribution >= 0.6 is 0 Å². The monoisotopic (exact) mass is 447 g/mol. The van der Waals surface area contributed by atoms with Gasteiger partial charge in [0, 0.05) is 72.3 Å². The van der Waals surface area contributed by atoms with Gasteiger partial charge in [0.15, 0.2) is 0 Å². The highest BCUT2D eigenvalue weighted by molar-refractivity contribution is 6.13. The molecule has 0 unspecified atom stereocenters. The number of halogens is 1. The second-order valence-electron chi connectivity index (χ2n) is 8.11. The molecule has 1 saturated heterocycles. The first-order chi connectivity index (χ1) is 15.8. The molecule has 9 heteroatoms. The summed E-state index contributed by atoms with van der Waals surface area (Å²) >= 11 is 0. The summed E-state index contributed by atoms with van der Waals surface area (Å²) in [5.41, 5.74) is 9.70. The summed E-state index contributed by atoms with van der Waals surface area (Å²) in [6.07, 6.45) is 3.15. The molecule has 1 aromatic carbocycles. The van der Waals surface area contributed by atoms with E-state index in [0.29, 0.717) is 42.3 Å². The number of carbonyl (C=O) groups excluding carboxylic acids is 1. The highest BCUT2D eigenvalue weighted by Gasteiger charge is 2.28. The van der Waals surface area contributed by atoms with E-state index < -0.39 is 0 Å². The first-order valence-corrected chi connectivity index (χ1v) is 10.7. The Morgan fingerprint density at radius 2 is 1.94 bits per heavy atom. The van der Waals surface area contributed by atoms with Gasteiger partial charge in [0.25, 0.3) is 0 Å². The van der Waals surface area contributed by atoms with Crippen molar-refractivity contribution in [2.75, 3.05) is 35.6 Å². The normalized spacial score (nSPS) is 15.9. The third kappa shape index (κ3) is 4.92. The van der Waals surface area contributed by atoms with Crippen LogP contribution in [0.4, 0.5) is 26.4 Å². The third-order valence-corrected chi connectivity index (χ3v) is 5.71. The highest BCUT2D eigenvalue weighted by atomic mass is 19.1. The molecular weight excluding hydrogens is 421 g/mol. The Morgan fingerprint density at radius 1 is 1.18 bits per heavy atom. The molecule has 8 nitrogen and oxygen atoms in total. The summed E-state index contributed by atoms with van der Waals surface area (Å²) < 4.78 is 13.2. The van der Waals surface area contributed by atoms with Crippen LogP contribution in [0, 0.1) is 18.2 Å². The van der Waals surface area contributed by atoms with Gasteiger partial charge in [-0.1, -0.05) is 0 Å². The lowest BCUT2D eigenvalue weighted by Crippen LogP contribution is -2.55. The zero-order chi connectivity index (χ0) is 23.5. The summed E-state index contributed by atoms with van der Waals surface area (Å²) in [5.74, 6) is 0.0572. The van der Waals surface area contributed by atoms with Crippen molar-refractivity contribution >= 4 is 28.9 Å². The number of amides is 2. The number of nitrogens with two attached hydrogens (primary N) is 1. The molecule has 0 spiro atoms. The first kappa shape index (κ1) is 22.2. The number of piperazine rings is 1.